The molecule has 0 atom stereocenters. The molecule has 0 heterocycles. The molecular formula is C18H19NO3S. The predicted octanol–water partition coefficient (Wildman–Crippen LogP) is 2.86. The monoisotopic (exact) mass is 329 g/mol. The van der Waals surface area contributed by atoms with Crippen LogP contribution in [0.1, 0.15) is 34.3 Å². The Morgan fingerprint density at radius 3 is 2.22 bits per heavy atom. The van der Waals surface area contributed by atoms with Gasteiger partial charge in [-0.3, -0.25) is 4.79 Å². The highest BCUT2D eigenvalue weighted by Gasteiger charge is 2.23. The molecule has 1 amide bonds. The Morgan fingerprint density at radius 2 is 1.65 bits per heavy atom. The van der Waals surface area contributed by atoms with Crippen molar-refractivity contribution in [2.24, 2.45) is 0 Å². The Morgan fingerprint density at radius 1 is 1.04 bits per heavy atom. The zero-order valence-corrected chi connectivity index (χ0v) is 13.8. The molecule has 3 rings (SSSR count). The summed E-state index contributed by atoms with van der Waals surface area (Å²) >= 11 is 0. The molecule has 2 aromatic carbocycles. The van der Waals surface area contributed by atoms with Crippen molar-refractivity contribution in [2.45, 2.75) is 36.5 Å². The summed E-state index contributed by atoms with van der Waals surface area (Å²) in [5, 5.41) is 2.91. The molecule has 0 aliphatic heterocycles. The third-order valence-electron chi connectivity index (χ3n) is 3.87. The molecule has 0 aromatic heterocycles. The second-order valence-corrected chi connectivity index (χ2v) is 8.01. The highest BCUT2D eigenvalue weighted by Crippen LogP contribution is 2.20. The van der Waals surface area contributed by atoms with Gasteiger partial charge in [-0.1, -0.05) is 29.8 Å². The molecule has 0 unspecified atom stereocenters. The fraction of sp³-hybridized carbons (Fsp3) is 0.278. The van der Waals surface area contributed by atoms with Crippen LogP contribution in [0.15, 0.2) is 53.4 Å². The van der Waals surface area contributed by atoms with Gasteiger partial charge in [0.05, 0.1) is 10.6 Å². The Labute approximate surface area is 136 Å². The lowest BCUT2D eigenvalue weighted by Gasteiger charge is -2.07. The normalized spacial score (nSPS) is 14.5. The van der Waals surface area contributed by atoms with Gasteiger partial charge in [0, 0.05) is 11.6 Å². The summed E-state index contributed by atoms with van der Waals surface area (Å²) in [6.07, 6.45) is 2.08. The van der Waals surface area contributed by atoms with Gasteiger partial charge < -0.3 is 5.32 Å². The first kappa shape index (κ1) is 15.7. The van der Waals surface area contributed by atoms with Gasteiger partial charge in [0.15, 0.2) is 9.84 Å². The molecule has 4 nitrogen and oxygen atoms in total. The Balaban J connectivity index is 1.71. The van der Waals surface area contributed by atoms with Crippen LogP contribution in [-0.4, -0.2) is 20.4 Å². The van der Waals surface area contributed by atoms with Crippen LogP contribution in [0.2, 0.25) is 0 Å². The highest BCUT2D eigenvalue weighted by atomic mass is 32.2. The number of carbonyl (C=O) groups is 1. The molecule has 1 saturated carbocycles. The Kier molecular flexibility index (Phi) is 4.22. The first-order valence-corrected chi connectivity index (χ1v) is 9.28. The predicted molar refractivity (Wildman–Crippen MR) is 89.0 cm³/mol. The van der Waals surface area contributed by atoms with Crippen molar-refractivity contribution in [3.63, 3.8) is 0 Å². The molecule has 0 spiro atoms. The Bertz CT molecular complexity index is 804. The minimum Gasteiger partial charge on any atom is -0.349 e. The number of aryl methyl sites for hydroxylation is 1. The number of carbonyl (C=O) groups excluding carboxylic acids is 1. The number of benzene rings is 2. The SMILES string of the molecule is Cc1ccc(S(=O)(=O)Cc2ccc(C(=O)NC3CC3)cc2)cc1. The second-order valence-electron chi connectivity index (χ2n) is 6.02. The van der Waals surface area contributed by atoms with E-state index >= 15 is 0 Å². The average Bonchev–Trinajstić information content (AvgIpc) is 3.32. The molecule has 23 heavy (non-hydrogen) atoms. The standard InChI is InChI=1S/C18H19NO3S/c1-13-2-10-17(11-3-13)23(21,22)12-14-4-6-15(7-5-14)18(20)19-16-8-9-16/h2-7,10-11,16H,8-9,12H2,1H3,(H,19,20). The van der Waals surface area contributed by atoms with E-state index in [-0.39, 0.29) is 11.7 Å². The first-order valence-electron chi connectivity index (χ1n) is 7.63. The molecule has 2 aromatic rings. The van der Waals surface area contributed by atoms with E-state index in [1.165, 1.54) is 0 Å². The molecule has 0 saturated heterocycles. The molecule has 120 valence electrons. The van der Waals surface area contributed by atoms with Crippen LogP contribution < -0.4 is 5.32 Å². The maximum Gasteiger partial charge on any atom is 0.251 e. The summed E-state index contributed by atoms with van der Waals surface area (Å²) in [6, 6.07) is 13.9. The van der Waals surface area contributed by atoms with Crippen LogP contribution in [0, 0.1) is 6.92 Å². The summed E-state index contributed by atoms with van der Waals surface area (Å²) in [4.78, 5) is 12.2. The van der Waals surface area contributed by atoms with E-state index < -0.39 is 9.84 Å². The van der Waals surface area contributed by atoms with Crippen molar-refractivity contribution in [3.8, 4) is 0 Å². The van der Waals surface area contributed by atoms with Crippen LogP contribution in [0.4, 0.5) is 0 Å². The van der Waals surface area contributed by atoms with Crippen LogP contribution in [0.25, 0.3) is 0 Å². The number of hydrogen-bond acceptors (Lipinski definition) is 3. The van der Waals surface area contributed by atoms with Crippen LogP contribution in [0.3, 0.4) is 0 Å². The highest BCUT2D eigenvalue weighted by molar-refractivity contribution is 7.90. The molecule has 1 N–H and O–H groups in total. The van der Waals surface area contributed by atoms with E-state index in [1.54, 1.807) is 48.5 Å². The van der Waals surface area contributed by atoms with E-state index in [0.717, 1.165) is 18.4 Å². The summed E-state index contributed by atoms with van der Waals surface area (Å²) in [5.74, 6) is -0.166. The van der Waals surface area contributed by atoms with Gasteiger partial charge in [0.1, 0.15) is 0 Å². The quantitative estimate of drug-likeness (QED) is 0.917. The minimum atomic E-state index is -3.37. The van der Waals surface area contributed by atoms with Gasteiger partial charge in [0.2, 0.25) is 0 Å². The van der Waals surface area contributed by atoms with Crippen LogP contribution in [0.5, 0.6) is 0 Å². The van der Waals surface area contributed by atoms with Crippen molar-refractivity contribution in [1.82, 2.24) is 5.32 Å². The second kappa shape index (κ2) is 6.16. The van der Waals surface area contributed by atoms with E-state index in [4.69, 9.17) is 0 Å². The number of sulfone groups is 1. The van der Waals surface area contributed by atoms with E-state index in [9.17, 15) is 13.2 Å². The smallest absolute Gasteiger partial charge is 0.251 e. The van der Waals surface area contributed by atoms with Crippen molar-refractivity contribution in [3.05, 3.63) is 65.2 Å². The molecule has 1 aliphatic carbocycles. The fourth-order valence-corrected chi connectivity index (χ4v) is 3.65. The zero-order chi connectivity index (χ0) is 16.4. The molecule has 0 bridgehead atoms. The van der Waals surface area contributed by atoms with E-state index in [0.29, 0.717) is 22.1 Å². The van der Waals surface area contributed by atoms with Gasteiger partial charge in [0.25, 0.3) is 5.91 Å². The topological polar surface area (TPSA) is 63.2 Å². The van der Waals surface area contributed by atoms with Gasteiger partial charge in [-0.25, -0.2) is 8.42 Å². The average molecular weight is 329 g/mol. The maximum atomic E-state index is 12.4. The molecule has 1 fully saturated rings. The van der Waals surface area contributed by atoms with Gasteiger partial charge in [-0.05, 0) is 49.6 Å². The number of nitrogens with one attached hydrogen (secondary N) is 1. The summed E-state index contributed by atoms with van der Waals surface area (Å²) in [7, 11) is -3.37. The Hall–Kier alpha value is -2.14. The van der Waals surface area contributed by atoms with Crippen molar-refractivity contribution in [2.75, 3.05) is 0 Å². The van der Waals surface area contributed by atoms with Crippen LogP contribution >= 0.6 is 0 Å². The number of amides is 1. The lowest BCUT2D eigenvalue weighted by Crippen LogP contribution is -2.25. The van der Waals surface area contributed by atoms with Gasteiger partial charge in [-0.2, -0.15) is 0 Å². The molecular weight excluding hydrogens is 310 g/mol. The molecule has 5 heteroatoms. The molecule has 0 radical (unpaired) electrons. The molecule has 1 aliphatic rings. The van der Waals surface area contributed by atoms with E-state index in [1.807, 2.05) is 6.92 Å². The summed E-state index contributed by atoms with van der Waals surface area (Å²) < 4.78 is 24.8. The lowest BCUT2D eigenvalue weighted by atomic mass is 10.1. The zero-order valence-electron chi connectivity index (χ0n) is 13.0. The number of hydrogen-bond donors (Lipinski definition) is 1. The first-order chi connectivity index (χ1) is 10.9. The van der Waals surface area contributed by atoms with Crippen molar-refractivity contribution < 1.29 is 13.2 Å². The minimum absolute atomic E-state index is 0.0689. The largest absolute Gasteiger partial charge is 0.349 e. The summed E-state index contributed by atoms with van der Waals surface area (Å²) in [6.45, 7) is 1.92. The van der Waals surface area contributed by atoms with Crippen LogP contribution in [-0.2, 0) is 15.6 Å². The van der Waals surface area contributed by atoms with Gasteiger partial charge >= 0.3 is 0 Å². The van der Waals surface area contributed by atoms with Crippen molar-refractivity contribution >= 4 is 15.7 Å². The fourth-order valence-electron chi connectivity index (χ4n) is 2.30. The number of rotatable bonds is 5. The third kappa shape index (κ3) is 3.99. The van der Waals surface area contributed by atoms with Crippen molar-refractivity contribution in [1.29, 1.82) is 0 Å². The van der Waals surface area contributed by atoms with E-state index in [2.05, 4.69) is 5.32 Å². The maximum absolute atomic E-state index is 12.4. The summed E-state index contributed by atoms with van der Waals surface area (Å²) in [5.41, 5.74) is 2.26. The van der Waals surface area contributed by atoms with Gasteiger partial charge in [-0.15, -0.1) is 0 Å². The third-order valence-corrected chi connectivity index (χ3v) is 5.57. The lowest BCUT2D eigenvalue weighted by molar-refractivity contribution is 0.0951.